The lowest BCUT2D eigenvalue weighted by Crippen LogP contribution is -2.15. The number of hydrogen-bond acceptors (Lipinski definition) is 4. The van der Waals surface area contributed by atoms with Crippen LogP contribution in [0.15, 0.2) is 30.3 Å². The molecule has 2 aromatic rings. The maximum absolute atomic E-state index is 9.40. The van der Waals surface area contributed by atoms with Gasteiger partial charge >= 0.3 is 0 Å². The number of benzene rings is 1. The molecule has 4 nitrogen and oxygen atoms in total. The quantitative estimate of drug-likeness (QED) is 0.932. The number of rotatable bonds is 3. The zero-order valence-corrected chi connectivity index (χ0v) is 13.5. The third kappa shape index (κ3) is 3.20. The number of aromatic nitrogens is 1. The van der Waals surface area contributed by atoms with Gasteiger partial charge in [-0.25, -0.2) is 4.98 Å². The zero-order valence-electron chi connectivity index (χ0n) is 13.5. The lowest BCUT2D eigenvalue weighted by atomic mass is 9.88. The Bertz CT molecular complexity index is 707. The summed E-state index contributed by atoms with van der Waals surface area (Å²) in [6, 6.07) is 11.8. The number of ether oxygens (including phenoxy) is 1. The van der Waals surface area contributed by atoms with Crippen LogP contribution in [-0.2, 0) is 5.41 Å². The molecular formula is C18H21N3O. The third-order valence-electron chi connectivity index (χ3n) is 3.40. The summed E-state index contributed by atoms with van der Waals surface area (Å²) >= 11 is 0. The topological polar surface area (TPSA) is 71.9 Å². The summed E-state index contributed by atoms with van der Waals surface area (Å²) in [5.74, 6) is 1.08. The van der Waals surface area contributed by atoms with Gasteiger partial charge in [-0.15, -0.1) is 0 Å². The molecule has 1 heterocycles. The molecule has 114 valence electrons. The standard InChI is InChI=1S/C18H21N3O/c1-5-22-13-8-6-12(7-9-13)14-10-16(18(2,3)4)21-17(20)15(14)11-19/h6-10H,5H2,1-4H3,(H2,20,21). The second-order valence-corrected chi connectivity index (χ2v) is 6.13. The van der Waals surface area contributed by atoms with Gasteiger partial charge in [0.1, 0.15) is 23.2 Å². The van der Waals surface area contributed by atoms with Crippen LogP contribution in [-0.4, -0.2) is 11.6 Å². The Morgan fingerprint density at radius 2 is 1.86 bits per heavy atom. The fraction of sp³-hybridized carbons (Fsp3) is 0.333. The summed E-state index contributed by atoms with van der Waals surface area (Å²) < 4.78 is 5.45. The van der Waals surface area contributed by atoms with Crippen LogP contribution in [0.25, 0.3) is 11.1 Å². The SMILES string of the molecule is CCOc1ccc(-c2cc(C(C)(C)C)nc(N)c2C#N)cc1. The van der Waals surface area contributed by atoms with E-state index in [0.717, 1.165) is 22.6 Å². The van der Waals surface area contributed by atoms with Crippen LogP contribution in [0.3, 0.4) is 0 Å². The van der Waals surface area contributed by atoms with Crippen molar-refractivity contribution in [3.8, 4) is 22.9 Å². The van der Waals surface area contributed by atoms with E-state index in [1.54, 1.807) is 0 Å². The van der Waals surface area contributed by atoms with Gasteiger partial charge in [0.25, 0.3) is 0 Å². The molecule has 0 unspecified atom stereocenters. The number of nitriles is 1. The predicted molar refractivity (Wildman–Crippen MR) is 88.7 cm³/mol. The van der Waals surface area contributed by atoms with Crippen molar-refractivity contribution < 1.29 is 4.74 Å². The van der Waals surface area contributed by atoms with Crippen molar-refractivity contribution in [1.29, 1.82) is 5.26 Å². The molecule has 0 spiro atoms. The van der Waals surface area contributed by atoms with Gasteiger partial charge in [0.05, 0.1) is 6.61 Å². The Labute approximate surface area is 131 Å². The Hall–Kier alpha value is -2.54. The van der Waals surface area contributed by atoms with E-state index in [0.29, 0.717) is 12.2 Å². The molecule has 0 amide bonds. The normalized spacial score (nSPS) is 11.0. The summed E-state index contributed by atoms with van der Waals surface area (Å²) in [4.78, 5) is 4.38. The fourth-order valence-corrected chi connectivity index (χ4v) is 2.19. The lowest BCUT2D eigenvalue weighted by molar-refractivity contribution is 0.340. The molecular weight excluding hydrogens is 274 g/mol. The molecule has 0 aliphatic heterocycles. The Morgan fingerprint density at radius 3 is 2.36 bits per heavy atom. The summed E-state index contributed by atoms with van der Waals surface area (Å²) in [7, 11) is 0. The van der Waals surface area contributed by atoms with E-state index < -0.39 is 0 Å². The minimum Gasteiger partial charge on any atom is -0.494 e. The molecule has 0 atom stereocenters. The second-order valence-electron chi connectivity index (χ2n) is 6.13. The van der Waals surface area contributed by atoms with Crippen LogP contribution in [0.4, 0.5) is 5.82 Å². The first-order chi connectivity index (χ1) is 10.4. The van der Waals surface area contributed by atoms with Crippen molar-refractivity contribution in [3.05, 3.63) is 41.6 Å². The zero-order chi connectivity index (χ0) is 16.3. The highest BCUT2D eigenvalue weighted by Crippen LogP contribution is 2.32. The summed E-state index contributed by atoms with van der Waals surface area (Å²) in [5, 5.41) is 9.40. The van der Waals surface area contributed by atoms with Crippen LogP contribution >= 0.6 is 0 Å². The second kappa shape index (κ2) is 6.07. The monoisotopic (exact) mass is 295 g/mol. The van der Waals surface area contributed by atoms with Gasteiger partial charge in [-0.3, -0.25) is 0 Å². The van der Waals surface area contributed by atoms with Crippen LogP contribution in [0.1, 0.15) is 39.0 Å². The first-order valence-electron chi connectivity index (χ1n) is 7.31. The van der Waals surface area contributed by atoms with Crippen molar-refractivity contribution in [2.75, 3.05) is 12.3 Å². The van der Waals surface area contributed by atoms with Gasteiger partial charge in [-0.05, 0) is 30.7 Å². The maximum Gasteiger partial charge on any atom is 0.142 e. The molecule has 0 bridgehead atoms. The molecule has 4 heteroatoms. The smallest absolute Gasteiger partial charge is 0.142 e. The molecule has 0 radical (unpaired) electrons. The molecule has 1 aromatic carbocycles. The van der Waals surface area contributed by atoms with E-state index in [9.17, 15) is 5.26 Å². The van der Waals surface area contributed by atoms with E-state index >= 15 is 0 Å². The van der Waals surface area contributed by atoms with E-state index in [2.05, 4.69) is 31.8 Å². The van der Waals surface area contributed by atoms with Crippen molar-refractivity contribution in [2.24, 2.45) is 0 Å². The van der Waals surface area contributed by atoms with Crippen LogP contribution in [0, 0.1) is 11.3 Å². The van der Waals surface area contributed by atoms with E-state index in [1.165, 1.54) is 0 Å². The lowest BCUT2D eigenvalue weighted by Gasteiger charge is -2.20. The summed E-state index contributed by atoms with van der Waals surface area (Å²) in [6.07, 6.45) is 0. The van der Waals surface area contributed by atoms with E-state index in [4.69, 9.17) is 10.5 Å². The van der Waals surface area contributed by atoms with Gasteiger partial charge in [-0.2, -0.15) is 5.26 Å². The first-order valence-corrected chi connectivity index (χ1v) is 7.31. The van der Waals surface area contributed by atoms with E-state index in [1.807, 2.05) is 37.3 Å². The Balaban J connectivity index is 2.57. The fourth-order valence-electron chi connectivity index (χ4n) is 2.19. The van der Waals surface area contributed by atoms with Crippen LogP contribution < -0.4 is 10.5 Å². The number of nitrogen functional groups attached to an aromatic ring is 1. The van der Waals surface area contributed by atoms with Crippen molar-refractivity contribution >= 4 is 5.82 Å². The Kier molecular flexibility index (Phi) is 4.37. The van der Waals surface area contributed by atoms with Gasteiger partial charge in [-0.1, -0.05) is 32.9 Å². The third-order valence-corrected chi connectivity index (χ3v) is 3.40. The number of pyridine rings is 1. The van der Waals surface area contributed by atoms with Crippen LogP contribution in [0.5, 0.6) is 5.75 Å². The molecule has 1 aromatic heterocycles. The Morgan fingerprint density at radius 1 is 1.23 bits per heavy atom. The highest BCUT2D eigenvalue weighted by molar-refractivity contribution is 5.76. The molecule has 0 fully saturated rings. The highest BCUT2D eigenvalue weighted by Gasteiger charge is 2.20. The van der Waals surface area contributed by atoms with Crippen molar-refractivity contribution in [1.82, 2.24) is 4.98 Å². The number of anilines is 1. The highest BCUT2D eigenvalue weighted by atomic mass is 16.5. The average Bonchev–Trinajstić information content (AvgIpc) is 2.46. The maximum atomic E-state index is 9.40. The molecule has 22 heavy (non-hydrogen) atoms. The average molecular weight is 295 g/mol. The molecule has 0 aliphatic carbocycles. The van der Waals surface area contributed by atoms with Gasteiger partial charge in [0.15, 0.2) is 0 Å². The van der Waals surface area contributed by atoms with Crippen molar-refractivity contribution in [2.45, 2.75) is 33.1 Å². The summed E-state index contributed by atoms with van der Waals surface area (Å²) in [6.45, 7) is 8.79. The molecule has 2 N–H and O–H groups in total. The minimum atomic E-state index is -0.137. The van der Waals surface area contributed by atoms with Gasteiger partial charge < -0.3 is 10.5 Å². The minimum absolute atomic E-state index is 0.137. The number of nitrogens with zero attached hydrogens (tertiary/aromatic N) is 2. The molecule has 0 saturated carbocycles. The number of nitrogens with two attached hydrogens (primary N) is 1. The first kappa shape index (κ1) is 15.8. The van der Waals surface area contributed by atoms with Gasteiger partial charge in [0.2, 0.25) is 0 Å². The molecule has 0 aliphatic rings. The molecule has 0 saturated heterocycles. The predicted octanol–water partition coefficient (Wildman–Crippen LogP) is 3.90. The van der Waals surface area contributed by atoms with Crippen molar-refractivity contribution in [3.63, 3.8) is 0 Å². The largest absolute Gasteiger partial charge is 0.494 e. The number of hydrogen-bond donors (Lipinski definition) is 1. The van der Waals surface area contributed by atoms with Gasteiger partial charge in [0, 0.05) is 16.7 Å². The van der Waals surface area contributed by atoms with E-state index in [-0.39, 0.29) is 11.2 Å². The van der Waals surface area contributed by atoms with Crippen LogP contribution in [0.2, 0.25) is 0 Å². The summed E-state index contributed by atoms with van der Waals surface area (Å²) in [5.41, 5.74) is 8.87. The molecule has 2 rings (SSSR count).